The van der Waals surface area contributed by atoms with E-state index in [1.807, 2.05) is 0 Å². The van der Waals surface area contributed by atoms with Crippen LogP contribution in [0.1, 0.15) is 23.2 Å². The summed E-state index contributed by atoms with van der Waals surface area (Å²) in [6, 6.07) is 3.56. The number of benzene rings is 1. The van der Waals surface area contributed by atoms with Crippen molar-refractivity contribution in [1.29, 1.82) is 0 Å². The third-order valence-corrected chi connectivity index (χ3v) is 4.46. The second-order valence-electron chi connectivity index (χ2n) is 5.31. The third-order valence-electron chi connectivity index (χ3n) is 3.36. The fourth-order valence-electron chi connectivity index (χ4n) is 2.23. The molecule has 0 bridgehead atoms. The highest BCUT2D eigenvalue weighted by atomic mass is 32.2. The molecule has 1 fully saturated rings. The SMILES string of the molecule is CS(=O)(=O)c1cc(NC(=O)CC2CCOC2)cc(C(=O)O)c1. The number of carbonyl (C=O) groups excluding carboxylic acids is 1. The Morgan fingerprint density at radius 1 is 1.36 bits per heavy atom. The summed E-state index contributed by atoms with van der Waals surface area (Å²) in [6.07, 6.45) is 2.04. The number of hydrogen-bond acceptors (Lipinski definition) is 5. The van der Waals surface area contributed by atoms with E-state index in [0.29, 0.717) is 13.2 Å². The van der Waals surface area contributed by atoms with E-state index in [1.165, 1.54) is 12.1 Å². The lowest BCUT2D eigenvalue weighted by Gasteiger charge is -2.10. The highest BCUT2D eigenvalue weighted by Crippen LogP contribution is 2.21. The molecule has 2 N–H and O–H groups in total. The molecule has 1 saturated heterocycles. The highest BCUT2D eigenvalue weighted by molar-refractivity contribution is 7.90. The Bertz CT molecular complexity index is 691. The first kappa shape index (κ1) is 16.4. The molecular weight excluding hydrogens is 310 g/mol. The zero-order valence-corrected chi connectivity index (χ0v) is 12.9. The molecule has 0 radical (unpaired) electrons. The van der Waals surface area contributed by atoms with Gasteiger partial charge in [-0.25, -0.2) is 13.2 Å². The van der Waals surface area contributed by atoms with Gasteiger partial charge in [-0.3, -0.25) is 4.79 Å². The lowest BCUT2D eigenvalue weighted by molar-refractivity contribution is -0.117. The minimum atomic E-state index is -3.57. The molecular formula is C14H17NO6S. The maximum Gasteiger partial charge on any atom is 0.335 e. The van der Waals surface area contributed by atoms with E-state index in [2.05, 4.69) is 5.32 Å². The Morgan fingerprint density at radius 3 is 2.64 bits per heavy atom. The van der Waals surface area contributed by atoms with Crippen molar-refractivity contribution in [2.75, 3.05) is 24.8 Å². The lowest BCUT2D eigenvalue weighted by Crippen LogP contribution is -2.17. The number of nitrogens with one attached hydrogen (secondary N) is 1. The minimum Gasteiger partial charge on any atom is -0.478 e. The number of carbonyl (C=O) groups is 2. The van der Waals surface area contributed by atoms with Crippen LogP contribution >= 0.6 is 0 Å². The molecule has 2 rings (SSSR count). The van der Waals surface area contributed by atoms with Crippen molar-refractivity contribution in [2.45, 2.75) is 17.7 Å². The summed E-state index contributed by atoms with van der Waals surface area (Å²) in [5.41, 5.74) is -0.0355. The van der Waals surface area contributed by atoms with Crippen LogP contribution in [0.3, 0.4) is 0 Å². The maximum absolute atomic E-state index is 11.9. The molecule has 1 aromatic carbocycles. The van der Waals surface area contributed by atoms with E-state index in [4.69, 9.17) is 9.84 Å². The monoisotopic (exact) mass is 327 g/mol. The van der Waals surface area contributed by atoms with Gasteiger partial charge in [-0.15, -0.1) is 0 Å². The van der Waals surface area contributed by atoms with Crippen LogP contribution in [0, 0.1) is 5.92 Å². The smallest absolute Gasteiger partial charge is 0.335 e. The lowest BCUT2D eigenvalue weighted by atomic mass is 10.0. The van der Waals surface area contributed by atoms with Gasteiger partial charge < -0.3 is 15.2 Å². The summed E-state index contributed by atoms with van der Waals surface area (Å²) in [5, 5.41) is 11.6. The number of carboxylic acid groups (broad SMARTS) is 1. The van der Waals surface area contributed by atoms with E-state index < -0.39 is 15.8 Å². The van der Waals surface area contributed by atoms with Crippen LogP contribution in [0.5, 0.6) is 0 Å². The molecule has 1 aromatic rings. The molecule has 0 aliphatic carbocycles. The van der Waals surface area contributed by atoms with Crippen molar-refractivity contribution in [3.8, 4) is 0 Å². The Kier molecular flexibility index (Phi) is 4.82. The van der Waals surface area contributed by atoms with Gasteiger partial charge in [0.05, 0.1) is 10.5 Å². The number of sulfone groups is 1. The number of carboxylic acids is 1. The van der Waals surface area contributed by atoms with Gasteiger partial charge in [-0.1, -0.05) is 0 Å². The number of amides is 1. The summed E-state index contributed by atoms with van der Waals surface area (Å²) in [4.78, 5) is 22.9. The maximum atomic E-state index is 11.9. The molecule has 1 unspecified atom stereocenters. The molecule has 0 saturated carbocycles. The van der Waals surface area contributed by atoms with Crippen LogP contribution in [-0.4, -0.2) is 44.9 Å². The second kappa shape index (κ2) is 6.45. The summed E-state index contributed by atoms with van der Waals surface area (Å²) in [7, 11) is -3.57. The van der Waals surface area contributed by atoms with E-state index >= 15 is 0 Å². The topological polar surface area (TPSA) is 110 Å². The van der Waals surface area contributed by atoms with Gasteiger partial charge >= 0.3 is 5.97 Å². The summed E-state index contributed by atoms with van der Waals surface area (Å²) in [6.45, 7) is 1.15. The number of aromatic carboxylic acids is 1. The predicted octanol–water partition coefficient (Wildman–Crippen LogP) is 1.15. The fourth-order valence-corrected chi connectivity index (χ4v) is 2.91. The van der Waals surface area contributed by atoms with Crippen molar-refractivity contribution in [2.24, 2.45) is 5.92 Å². The molecule has 7 nitrogen and oxygen atoms in total. The molecule has 1 atom stereocenters. The molecule has 120 valence electrons. The predicted molar refractivity (Wildman–Crippen MR) is 78.7 cm³/mol. The van der Waals surface area contributed by atoms with Gasteiger partial charge in [0.2, 0.25) is 5.91 Å². The van der Waals surface area contributed by atoms with Gasteiger partial charge in [0.15, 0.2) is 9.84 Å². The zero-order valence-electron chi connectivity index (χ0n) is 12.0. The van der Waals surface area contributed by atoms with E-state index in [-0.39, 0.29) is 34.4 Å². The third kappa shape index (κ3) is 4.28. The summed E-state index contributed by atoms with van der Waals surface area (Å²) >= 11 is 0. The molecule has 0 spiro atoms. The average Bonchev–Trinajstić information content (AvgIpc) is 2.89. The molecule has 1 amide bonds. The molecule has 8 heteroatoms. The van der Waals surface area contributed by atoms with Crippen LogP contribution in [0.2, 0.25) is 0 Å². The first-order chi connectivity index (χ1) is 10.3. The second-order valence-corrected chi connectivity index (χ2v) is 7.32. The van der Waals surface area contributed by atoms with Crippen LogP contribution in [0.15, 0.2) is 23.1 Å². The first-order valence-electron chi connectivity index (χ1n) is 6.72. The van der Waals surface area contributed by atoms with Crippen LogP contribution in [0.4, 0.5) is 5.69 Å². The van der Waals surface area contributed by atoms with Crippen molar-refractivity contribution in [3.05, 3.63) is 23.8 Å². The normalized spacial score (nSPS) is 18.1. The number of ether oxygens (including phenoxy) is 1. The van der Waals surface area contributed by atoms with Crippen molar-refractivity contribution in [1.82, 2.24) is 0 Å². The highest BCUT2D eigenvalue weighted by Gasteiger charge is 2.20. The standard InChI is InChI=1S/C14H17NO6S/c1-22(19,20)12-6-10(14(17)18)5-11(7-12)15-13(16)4-9-2-3-21-8-9/h5-7,9H,2-4,8H2,1H3,(H,15,16)(H,17,18). The molecule has 22 heavy (non-hydrogen) atoms. The average molecular weight is 327 g/mol. The Hall–Kier alpha value is -1.93. The summed E-state index contributed by atoms with van der Waals surface area (Å²) < 4.78 is 28.4. The number of hydrogen-bond donors (Lipinski definition) is 2. The van der Waals surface area contributed by atoms with Crippen LogP contribution in [0.25, 0.3) is 0 Å². The molecule has 1 aliphatic rings. The Morgan fingerprint density at radius 2 is 2.09 bits per heavy atom. The van der Waals surface area contributed by atoms with E-state index in [9.17, 15) is 18.0 Å². The van der Waals surface area contributed by atoms with Gasteiger partial charge in [-0.05, 0) is 30.5 Å². The molecule has 1 aliphatic heterocycles. The van der Waals surface area contributed by atoms with Crippen molar-refractivity contribution < 1.29 is 27.9 Å². The minimum absolute atomic E-state index is 0.136. The van der Waals surface area contributed by atoms with Crippen LogP contribution in [-0.2, 0) is 19.4 Å². The van der Waals surface area contributed by atoms with Crippen LogP contribution < -0.4 is 5.32 Å². The fraction of sp³-hybridized carbons (Fsp3) is 0.429. The van der Waals surface area contributed by atoms with E-state index in [1.54, 1.807) is 0 Å². The summed E-state index contributed by atoms with van der Waals surface area (Å²) in [5.74, 6) is -1.42. The quantitative estimate of drug-likeness (QED) is 0.839. The number of rotatable bonds is 5. The van der Waals surface area contributed by atoms with Gasteiger partial charge in [0.1, 0.15) is 0 Å². The number of anilines is 1. The Labute approximate surface area is 128 Å². The largest absolute Gasteiger partial charge is 0.478 e. The zero-order chi connectivity index (χ0) is 16.3. The molecule has 0 aromatic heterocycles. The molecule has 1 heterocycles. The van der Waals surface area contributed by atoms with Crippen molar-refractivity contribution >= 4 is 27.4 Å². The van der Waals surface area contributed by atoms with Gasteiger partial charge in [-0.2, -0.15) is 0 Å². The first-order valence-corrected chi connectivity index (χ1v) is 8.61. The van der Waals surface area contributed by atoms with Crippen molar-refractivity contribution in [3.63, 3.8) is 0 Å². The van der Waals surface area contributed by atoms with Gasteiger partial charge in [0.25, 0.3) is 0 Å². The van der Waals surface area contributed by atoms with E-state index in [0.717, 1.165) is 18.7 Å². The Balaban J connectivity index is 2.20. The van der Waals surface area contributed by atoms with Gasteiger partial charge in [0, 0.05) is 31.6 Å².